The fourth-order valence-corrected chi connectivity index (χ4v) is 5.61. The third kappa shape index (κ3) is 5.03. The minimum absolute atomic E-state index is 0.336. The summed E-state index contributed by atoms with van der Waals surface area (Å²) in [5, 5.41) is 12.9. The normalized spacial score (nSPS) is 12.9. The summed E-state index contributed by atoms with van der Waals surface area (Å²) in [7, 11) is 1.40. The van der Waals surface area contributed by atoms with Crippen LogP contribution in [0.2, 0.25) is 10.0 Å². The summed E-state index contributed by atoms with van der Waals surface area (Å²) in [5.74, 6) is -0.336. The predicted molar refractivity (Wildman–Crippen MR) is 130 cm³/mol. The number of esters is 1. The topological polar surface area (TPSA) is 68.2 Å². The van der Waals surface area contributed by atoms with E-state index in [-0.39, 0.29) is 5.97 Å². The average Bonchev–Trinajstić information content (AvgIpc) is 3.33. The van der Waals surface area contributed by atoms with Crippen LogP contribution in [0, 0.1) is 0 Å². The van der Waals surface area contributed by atoms with Crippen LogP contribution in [-0.4, -0.2) is 28.0 Å². The van der Waals surface area contributed by atoms with Gasteiger partial charge < -0.3 is 15.4 Å². The number of aryl methyl sites for hydroxylation is 1. The largest absolute Gasteiger partial charge is 0.465 e. The van der Waals surface area contributed by atoms with Crippen molar-refractivity contribution in [2.75, 3.05) is 17.7 Å². The highest BCUT2D eigenvalue weighted by atomic mass is 35.5. The van der Waals surface area contributed by atoms with Gasteiger partial charge in [0.05, 0.1) is 31.1 Å². The van der Waals surface area contributed by atoms with E-state index in [2.05, 4.69) is 15.7 Å². The quantitative estimate of drug-likeness (QED) is 0.346. The second kappa shape index (κ2) is 9.56. The van der Waals surface area contributed by atoms with Crippen molar-refractivity contribution < 1.29 is 9.53 Å². The maximum atomic E-state index is 12.4. The second-order valence-corrected chi connectivity index (χ2v) is 9.51. The smallest absolute Gasteiger partial charge is 0.341 e. The molecule has 2 heterocycles. The first-order valence-electron chi connectivity index (χ1n) is 9.72. The highest BCUT2D eigenvalue weighted by Gasteiger charge is 2.26. The molecule has 0 radical (unpaired) electrons. The molecule has 0 unspecified atom stereocenters. The molecule has 0 saturated carbocycles. The Morgan fingerprint density at radius 2 is 2.10 bits per heavy atom. The lowest BCUT2D eigenvalue weighted by Crippen LogP contribution is -2.20. The van der Waals surface area contributed by atoms with Gasteiger partial charge in [-0.2, -0.15) is 5.10 Å². The summed E-state index contributed by atoms with van der Waals surface area (Å²) >= 11 is 19.2. The first-order chi connectivity index (χ1) is 14.9. The van der Waals surface area contributed by atoms with Crippen molar-refractivity contribution in [3.8, 4) is 0 Å². The molecule has 162 valence electrons. The van der Waals surface area contributed by atoms with Crippen LogP contribution in [0.25, 0.3) is 0 Å². The van der Waals surface area contributed by atoms with Gasteiger partial charge in [-0.3, -0.25) is 4.68 Å². The lowest BCUT2D eigenvalue weighted by Gasteiger charge is -2.12. The van der Waals surface area contributed by atoms with E-state index in [1.807, 2.05) is 12.3 Å². The van der Waals surface area contributed by atoms with Crippen molar-refractivity contribution in [3.05, 3.63) is 62.2 Å². The van der Waals surface area contributed by atoms with Crippen LogP contribution < -0.4 is 10.6 Å². The zero-order valence-electron chi connectivity index (χ0n) is 16.7. The van der Waals surface area contributed by atoms with Crippen LogP contribution in [0.5, 0.6) is 0 Å². The van der Waals surface area contributed by atoms with Crippen LogP contribution in [0.4, 0.5) is 10.7 Å². The Balaban J connectivity index is 1.45. The number of halogens is 2. The fourth-order valence-electron chi connectivity index (χ4n) is 3.58. The number of thiophene rings is 1. The molecule has 0 fully saturated rings. The Hall–Kier alpha value is -2.13. The molecule has 2 aromatic heterocycles. The molecule has 0 amide bonds. The molecule has 0 aliphatic heterocycles. The van der Waals surface area contributed by atoms with Crippen molar-refractivity contribution in [1.29, 1.82) is 0 Å². The number of hydrogen-bond acceptors (Lipinski definition) is 5. The number of rotatable bonds is 5. The van der Waals surface area contributed by atoms with Gasteiger partial charge in [-0.05, 0) is 61.2 Å². The van der Waals surface area contributed by atoms with Crippen molar-refractivity contribution >= 4 is 68.5 Å². The van der Waals surface area contributed by atoms with Gasteiger partial charge in [0.1, 0.15) is 5.00 Å². The molecule has 1 aliphatic rings. The van der Waals surface area contributed by atoms with Crippen molar-refractivity contribution in [3.63, 3.8) is 0 Å². The van der Waals surface area contributed by atoms with E-state index in [9.17, 15) is 4.79 Å². The maximum absolute atomic E-state index is 12.4. The van der Waals surface area contributed by atoms with Crippen LogP contribution in [0.1, 0.15) is 39.2 Å². The van der Waals surface area contributed by atoms with E-state index < -0.39 is 0 Å². The number of ether oxygens (including phenoxy) is 1. The summed E-state index contributed by atoms with van der Waals surface area (Å²) in [6.07, 6.45) is 7.59. The Kier molecular flexibility index (Phi) is 6.81. The van der Waals surface area contributed by atoms with Gasteiger partial charge >= 0.3 is 5.97 Å². The van der Waals surface area contributed by atoms with Gasteiger partial charge in [-0.25, -0.2) is 4.79 Å². The average molecular weight is 495 g/mol. The van der Waals surface area contributed by atoms with Crippen LogP contribution in [-0.2, 0) is 24.1 Å². The molecular weight excluding hydrogens is 475 g/mol. The van der Waals surface area contributed by atoms with Gasteiger partial charge in [0, 0.05) is 21.1 Å². The van der Waals surface area contributed by atoms with E-state index >= 15 is 0 Å². The third-order valence-electron chi connectivity index (χ3n) is 5.03. The minimum Gasteiger partial charge on any atom is -0.465 e. The number of nitrogens with zero attached hydrogens (tertiary/aromatic N) is 2. The van der Waals surface area contributed by atoms with E-state index in [4.69, 9.17) is 40.2 Å². The summed E-state index contributed by atoms with van der Waals surface area (Å²) in [4.78, 5) is 13.6. The van der Waals surface area contributed by atoms with Gasteiger partial charge in [-0.1, -0.05) is 29.3 Å². The molecule has 31 heavy (non-hydrogen) atoms. The molecule has 3 aromatic rings. The van der Waals surface area contributed by atoms with E-state index in [0.29, 0.717) is 27.3 Å². The second-order valence-electron chi connectivity index (χ2n) is 7.15. The molecule has 1 aliphatic carbocycles. The maximum Gasteiger partial charge on any atom is 0.341 e. The fraction of sp³-hybridized carbons (Fsp3) is 0.286. The van der Waals surface area contributed by atoms with Gasteiger partial charge in [-0.15, -0.1) is 11.3 Å². The third-order valence-corrected chi connectivity index (χ3v) is 7.02. The molecule has 4 rings (SSSR count). The molecule has 2 N–H and O–H groups in total. The Labute approximate surface area is 199 Å². The van der Waals surface area contributed by atoms with Crippen molar-refractivity contribution in [2.24, 2.45) is 0 Å². The monoisotopic (exact) mass is 494 g/mol. The van der Waals surface area contributed by atoms with Crippen LogP contribution in [0.3, 0.4) is 0 Å². The number of carbonyl (C=O) groups excluding carboxylic acids is 1. The molecule has 6 nitrogen and oxygen atoms in total. The standard InChI is InChI=1S/C21H20Cl2N4O2S2/c1-29-20(28)18-15-4-2-3-5-17(15)31-19(18)26-21(30)25-14-9-24-27(11-14)10-12-6-7-13(22)8-16(12)23/h6-9,11H,2-5,10H2,1H3,(H2,25,26,30). The molecule has 0 atom stereocenters. The van der Waals surface area contributed by atoms with Crippen LogP contribution in [0.15, 0.2) is 30.6 Å². The summed E-state index contributed by atoms with van der Waals surface area (Å²) in [6.45, 7) is 0.502. The molecule has 10 heteroatoms. The number of aromatic nitrogens is 2. The first-order valence-corrected chi connectivity index (χ1v) is 11.7. The summed E-state index contributed by atoms with van der Waals surface area (Å²) < 4.78 is 6.76. The molecule has 0 saturated heterocycles. The lowest BCUT2D eigenvalue weighted by molar-refractivity contribution is 0.0601. The predicted octanol–water partition coefficient (Wildman–Crippen LogP) is 5.77. The number of benzene rings is 1. The molecule has 0 spiro atoms. The number of methoxy groups -OCH3 is 1. The zero-order chi connectivity index (χ0) is 22.0. The van der Waals surface area contributed by atoms with E-state index in [0.717, 1.165) is 47.5 Å². The zero-order valence-corrected chi connectivity index (χ0v) is 19.9. The number of nitrogens with one attached hydrogen (secondary N) is 2. The number of hydrogen-bond donors (Lipinski definition) is 2. The highest BCUT2D eigenvalue weighted by Crippen LogP contribution is 2.38. The van der Waals surface area contributed by atoms with Gasteiger partial charge in [0.25, 0.3) is 0 Å². The minimum atomic E-state index is -0.336. The Morgan fingerprint density at radius 1 is 1.29 bits per heavy atom. The summed E-state index contributed by atoms with van der Waals surface area (Å²) in [5.41, 5.74) is 3.32. The van der Waals surface area contributed by atoms with Crippen LogP contribution >= 0.6 is 46.8 Å². The SMILES string of the molecule is COC(=O)c1c(NC(=S)Nc2cnn(Cc3ccc(Cl)cc3Cl)c2)sc2c1CCCC2. The Morgan fingerprint density at radius 3 is 2.87 bits per heavy atom. The number of carbonyl (C=O) groups is 1. The van der Waals surface area contributed by atoms with E-state index in [1.54, 1.807) is 34.3 Å². The highest BCUT2D eigenvalue weighted by molar-refractivity contribution is 7.80. The lowest BCUT2D eigenvalue weighted by atomic mass is 9.95. The number of thiocarbonyl (C=S) groups is 1. The summed E-state index contributed by atoms with van der Waals surface area (Å²) in [6, 6.07) is 5.38. The van der Waals surface area contributed by atoms with Gasteiger partial charge in [0.2, 0.25) is 0 Å². The molecule has 0 bridgehead atoms. The van der Waals surface area contributed by atoms with E-state index in [1.165, 1.54) is 12.0 Å². The number of fused-ring (bicyclic) bond motifs is 1. The Bertz CT molecular complexity index is 1140. The molecular formula is C21H20Cl2N4O2S2. The van der Waals surface area contributed by atoms with Crippen molar-refractivity contribution in [2.45, 2.75) is 32.2 Å². The number of anilines is 2. The van der Waals surface area contributed by atoms with Gasteiger partial charge in [0.15, 0.2) is 5.11 Å². The van der Waals surface area contributed by atoms with Crippen molar-refractivity contribution in [1.82, 2.24) is 9.78 Å². The molecule has 1 aromatic carbocycles. The first kappa shape index (κ1) is 22.1.